The van der Waals surface area contributed by atoms with Crippen LogP contribution < -0.4 is 10.5 Å². The van der Waals surface area contributed by atoms with Crippen molar-refractivity contribution in [2.24, 2.45) is 0 Å². The van der Waals surface area contributed by atoms with Crippen molar-refractivity contribution >= 4 is 11.9 Å². The second-order valence-corrected chi connectivity index (χ2v) is 4.33. The topological polar surface area (TPSA) is 75.5 Å². The molecule has 2 rings (SSSR count). The Labute approximate surface area is 111 Å². The Kier molecular flexibility index (Phi) is 3.55. The highest BCUT2D eigenvalue weighted by Crippen LogP contribution is 2.19. The maximum Gasteiger partial charge on any atom is 0.471 e. The second kappa shape index (κ2) is 5.02. The molecule has 2 amide bonds. The highest BCUT2D eigenvalue weighted by molar-refractivity contribution is 5.82. The van der Waals surface area contributed by atoms with Crippen molar-refractivity contribution < 1.29 is 27.4 Å². The molecule has 0 unspecified atom stereocenters. The fourth-order valence-electron chi connectivity index (χ4n) is 1.93. The monoisotopic (exact) mass is 292 g/mol. The molecule has 7 nitrogen and oxygen atoms in total. The number of nitrogens with zero attached hydrogens (tertiary/aromatic N) is 4. The Morgan fingerprint density at radius 3 is 2.10 bits per heavy atom. The van der Waals surface area contributed by atoms with E-state index in [4.69, 9.17) is 5.84 Å². The lowest BCUT2D eigenvalue weighted by Crippen LogP contribution is -2.54. The number of rotatable bonds is 0. The van der Waals surface area contributed by atoms with Crippen LogP contribution in [0.15, 0.2) is 18.7 Å². The van der Waals surface area contributed by atoms with Crippen molar-refractivity contribution in [3.63, 3.8) is 0 Å². The first-order valence-corrected chi connectivity index (χ1v) is 5.79. The Morgan fingerprint density at radius 1 is 1.10 bits per heavy atom. The number of hydrogen-bond acceptors (Lipinski definition) is 3. The van der Waals surface area contributed by atoms with E-state index in [0.717, 1.165) is 0 Å². The van der Waals surface area contributed by atoms with Crippen molar-refractivity contribution in [1.29, 1.82) is 0 Å². The van der Waals surface area contributed by atoms with Crippen molar-refractivity contribution in [1.82, 2.24) is 14.4 Å². The summed E-state index contributed by atoms with van der Waals surface area (Å²) in [5.74, 6) is 3.53. The normalized spacial score (nSPS) is 16.4. The fourth-order valence-corrected chi connectivity index (χ4v) is 1.93. The summed E-state index contributed by atoms with van der Waals surface area (Å²) in [6.45, 7) is -0.200. The van der Waals surface area contributed by atoms with Crippen molar-refractivity contribution in [2.45, 2.75) is 6.18 Å². The van der Waals surface area contributed by atoms with Crippen molar-refractivity contribution in [2.75, 3.05) is 32.0 Å². The van der Waals surface area contributed by atoms with E-state index in [1.54, 1.807) is 0 Å². The van der Waals surface area contributed by atoms with E-state index in [1.807, 2.05) is 0 Å². The predicted octanol–water partition coefficient (Wildman–Crippen LogP) is -0.836. The van der Waals surface area contributed by atoms with Crippen LogP contribution in [0.25, 0.3) is 0 Å². The van der Waals surface area contributed by atoms with Crippen LogP contribution in [0.1, 0.15) is 0 Å². The zero-order valence-electron chi connectivity index (χ0n) is 10.4. The molecule has 1 aliphatic rings. The number of halogens is 3. The van der Waals surface area contributed by atoms with Gasteiger partial charge in [-0.15, -0.1) is 9.24 Å². The smallest absolute Gasteiger partial charge is 0.331 e. The first kappa shape index (κ1) is 14.2. The molecule has 0 bridgehead atoms. The third-order valence-corrected chi connectivity index (χ3v) is 2.96. The van der Waals surface area contributed by atoms with Crippen LogP contribution in [-0.2, 0) is 4.79 Å². The van der Waals surface area contributed by atoms with Gasteiger partial charge in [-0.2, -0.15) is 13.2 Å². The van der Waals surface area contributed by atoms with E-state index in [0.29, 0.717) is 4.90 Å². The van der Waals surface area contributed by atoms with E-state index >= 15 is 0 Å². The maximum absolute atomic E-state index is 12.3. The minimum absolute atomic E-state index is 0.0450. The first-order chi connectivity index (χ1) is 9.29. The summed E-state index contributed by atoms with van der Waals surface area (Å²) in [6.07, 6.45) is -0.635. The molecule has 20 heavy (non-hydrogen) atoms. The quantitative estimate of drug-likeness (QED) is 0.500. The van der Waals surface area contributed by atoms with Gasteiger partial charge < -0.3 is 9.80 Å². The standard InChI is InChI=1S/C10H13F3N5O2/c11-10(12,13)8(19)15-1-3-16(4-2-15)9(20)17-5-6-18(14)7-17/h5-7H,1-4,14H2/q+1. The molecule has 1 aromatic heterocycles. The van der Waals surface area contributed by atoms with Gasteiger partial charge in [0.15, 0.2) is 6.20 Å². The summed E-state index contributed by atoms with van der Waals surface area (Å²) in [5.41, 5.74) is 0. The van der Waals surface area contributed by atoms with E-state index in [2.05, 4.69) is 0 Å². The first-order valence-electron chi connectivity index (χ1n) is 5.79. The lowest BCUT2D eigenvalue weighted by Gasteiger charge is -2.33. The average Bonchev–Trinajstić information content (AvgIpc) is 2.83. The maximum atomic E-state index is 12.3. The van der Waals surface area contributed by atoms with Crippen LogP contribution in [0, 0.1) is 0 Å². The van der Waals surface area contributed by atoms with Gasteiger partial charge in [0.1, 0.15) is 6.20 Å². The SMILES string of the molecule is N[n+]1ccn(C(=O)N2CCN(C(=O)C(F)(F)F)CC2)c1. The molecule has 1 saturated heterocycles. The van der Waals surface area contributed by atoms with Crippen LogP contribution in [0.2, 0.25) is 0 Å². The zero-order chi connectivity index (χ0) is 14.9. The average molecular weight is 292 g/mol. The molecule has 2 N–H and O–H groups in total. The van der Waals surface area contributed by atoms with Gasteiger partial charge in [0.2, 0.25) is 0 Å². The molecule has 0 spiro atoms. The van der Waals surface area contributed by atoms with Crippen molar-refractivity contribution in [3.05, 3.63) is 18.7 Å². The van der Waals surface area contributed by atoms with Crippen LogP contribution in [0.5, 0.6) is 0 Å². The minimum Gasteiger partial charge on any atom is -0.331 e. The molecule has 0 saturated carbocycles. The molecule has 1 aliphatic heterocycles. The van der Waals surface area contributed by atoms with Crippen LogP contribution in [-0.4, -0.2) is 58.7 Å². The van der Waals surface area contributed by atoms with Gasteiger partial charge in [0.05, 0.1) is 0 Å². The van der Waals surface area contributed by atoms with Gasteiger partial charge in [-0.1, -0.05) is 0 Å². The Hall–Kier alpha value is -2.26. The fraction of sp³-hybridized carbons (Fsp3) is 0.500. The third kappa shape index (κ3) is 2.83. The van der Waals surface area contributed by atoms with Crippen LogP contribution >= 0.6 is 0 Å². The summed E-state index contributed by atoms with van der Waals surface area (Å²) in [7, 11) is 0. The molecular weight excluding hydrogens is 279 g/mol. The van der Waals surface area contributed by atoms with Gasteiger partial charge in [0.25, 0.3) is 6.33 Å². The highest BCUT2D eigenvalue weighted by Gasteiger charge is 2.43. The molecule has 2 heterocycles. The molecule has 0 aromatic carbocycles. The number of nitrogens with two attached hydrogens (primary N) is 1. The molecule has 110 valence electrons. The lowest BCUT2D eigenvalue weighted by atomic mass is 10.3. The summed E-state index contributed by atoms with van der Waals surface area (Å²) in [5, 5.41) is 0. The Balaban J connectivity index is 1.95. The molecule has 10 heteroatoms. The summed E-state index contributed by atoms with van der Waals surface area (Å²) < 4.78 is 39.2. The van der Waals surface area contributed by atoms with Crippen LogP contribution in [0.4, 0.5) is 18.0 Å². The summed E-state index contributed by atoms with van der Waals surface area (Å²) in [4.78, 5) is 25.1. The number of piperazine rings is 1. The molecule has 0 atom stereocenters. The van der Waals surface area contributed by atoms with Crippen molar-refractivity contribution in [3.8, 4) is 0 Å². The molecule has 0 aliphatic carbocycles. The number of amides is 2. The second-order valence-electron chi connectivity index (χ2n) is 4.33. The number of carbonyl (C=O) groups is 2. The number of alkyl halides is 3. The van der Waals surface area contributed by atoms with Gasteiger partial charge in [-0.05, 0) is 0 Å². The number of imidazole rings is 1. The highest BCUT2D eigenvalue weighted by atomic mass is 19.4. The number of nitrogen functional groups attached to an aromatic ring is 1. The largest absolute Gasteiger partial charge is 0.471 e. The number of hydrogen-bond donors (Lipinski definition) is 1. The van der Waals surface area contributed by atoms with E-state index in [-0.39, 0.29) is 26.2 Å². The minimum atomic E-state index is -4.88. The molecular formula is C10H13F3N5O2+. The predicted molar refractivity (Wildman–Crippen MR) is 59.8 cm³/mol. The molecule has 0 radical (unpaired) electrons. The van der Waals surface area contributed by atoms with E-state index in [1.165, 1.54) is 32.9 Å². The number of carbonyl (C=O) groups excluding carboxylic acids is 2. The lowest BCUT2D eigenvalue weighted by molar-refractivity contribution is -0.637. The summed E-state index contributed by atoms with van der Waals surface area (Å²) >= 11 is 0. The molecule has 1 fully saturated rings. The van der Waals surface area contributed by atoms with Gasteiger partial charge in [-0.3, -0.25) is 10.6 Å². The Morgan fingerprint density at radius 2 is 1.65 bits per heavy atom. The van der Waals surface area contributed by atoms with E-state index in [9.17, 15) is 22.8 Å². The van der Waals surface area contributed by atoms with Gasteiger partial charge >= 0.3 is 18.1 Å². The number of aromatic nitrogens is 2. The zero-order valence-corrected chi connectivity index (χ0v) is 10.4. The van der Waals surface area contributed by atoms with E-state index < -0.39 is 18.1 Å². The molecule has 1 aromatic rings. The Bertz CT molecular complexity index is 519. The van der Waals surface area contributed by atoms with Crippen LogP contribution in [0.3, 0.4) is 0 Å². The third-order valence-electron chi connectivity index (χ3n) is 2.96. The van der Waals surface area contributed by atoms with Gasteiger partial charge in [0, 0.05) is 26.2 Å². The summed E-state index contributed by atoms with van der Waals surface area (Å²) in [6, 6.07) is -0.395. The van der Waals surface area contributed by atoms with Gasteiger partial charge in [-0.25, -0.2) is 4.79 Å².